The van der Waals surface area contributed by atoms with Gasteiger partial charge in [-0.3, -0.25) is 4.79 Å². The lowest BCUT2D eigenvalue weighted by molar-refractivity contribution is -0.152. The SMILES string of the molecule is C=CCCCCC[C@H](C)C(=O)N1C[C@]2(CCc3c(c(C)nc4c(C(F)(F)F)cccc34)O2)C[C@H]1C(=O)OC. The highest BCUT2D eigenvalue weighted by molar-refractivity contribution is 5.89. The maximum atomic E-state index is 13.6. The van der Waals surface area contributed by atoms with E-state index in [1.807, 2.05) is 13.0 Å². The summed E-state index contributed by atoms with van der Waals surface area (Å²) in [5, 5.41) is 0.413. The fourth-order valence-electron chi connectivity index (χ4n) is 5.80. The van der Waals surface area contributed by atoms with Crippen LogP contribution in [-0.4, -0.2) is 47.1 Å². The maximum absolute atomic E-state index is 13.6. The van der Waals surface area contributed by atoms with E-state index in [2.05, 4.69) is 11.6 Å². The standard InChI is InChI=1S/C29H35F3N2O4/c1-5-6-7-8-9-11-18(2)26(35)34-17-28(16-23(34)27(36)37-4)15-14-21-20-12-10-13-22(29(30,31)32)24(20)33-19(3)25(21)38-28/h5,10,12-13,18,23H,1,6-9,11,14-17H2,2-4H3/t18-,23-,28-/m0/s1. The van der Waals surface area contributed by atoms with Crippen molar-refractivity contribution in [2.45, 2.75) is 83.0 Å². The van der Waals surface area contributed by atoms with Crippen molar-refractivity contribution >= 4 is 22.8 Å². The summed E-state index contributed by atoms with van der Waals surface area (Å²) in [6, 6.07) is 3.28. The summed E-state index contributed by atoms with van der Waals surface area (Å²) < 4.78 is 52.4. The van der Waals surface area contributed by atoms with E-state index in [1.165, 1.54) is 13.2 Å². The molecule has 0 saturated carbocycles. The molecule has 1 aromatic carbocycles. The second-order valence-electron chi connectivity index (χ2n) is 10.5. The van der Waals surface area contributed by atoms with Gasteiger partial charge in [0.15, 0.2) is 0 Å². The number of rotatable bonds is 8. The molecule has 206 valence electrons. The summed E-state index contributed by atoms with van der Waals surface area (Å²) >= 11 is 0. The summed E-state index contributed by atoms with van der Waals surface area (Å²) in [4.78, 5) is 32.1. The van der Waals surface area contributed by atoms with Gasteiger partial charge in [-0.15, -0.1) is 6.58 Å². The Morgan fingerprint density at radius 2 is 2.08 bits per heavy atom. The molecule has 4 rings (SSSR count). The molecule has 3 heterocycles. The number of hydrogen-bond donors (Lipinski definition) is 0. The molecule has 2 aliphatic heterocycles. The highest BCUT2D eigenvalue weighted by atomic mass is 19.4. The number of esters is 1. The number of amides is 1. The van der Waals surface area contributed by atoms with Gasteiger partial charge in [-0.05, 0) is 45.1 Å². The van der Waals surface area contributed by atoms with Crippen LogP contribution in [-0.2, 0) is 26.9 Å². The van der Waals surface area contributed by atoms with Crippen LogP contribution in [0.4, 0.5) is 13.2 Å². The quantitative estimate of drug-likeness (QED) is 0.231. The Morgan fingerprint density at radius 3 is 2.76 bits per heavy atom. The van der Waals surface area contributed by atoms with Crippen molar-refractivity contribution in [3.05, 3.63) is 47.7 Å². The fraction of sp³-hybridized carbons (Fsp3) is 0.552. The first kappa shape index (κ1) is 27.9. The van der Waals surface area contributed by atoms with Gasteiger partial charge >= 0.3 is 12.1 Å². The Labute approximate surface area is 221 Å². The molecule has 1 fully saturated rings. The van der Waals surface area contributed by atoms with E-state index in [-0.39, 0.29) is 30.3 Å². The number of allylic oxidation sites excluding steroid dienone is 1. The van der Waals surface area contributed by atoms with Gasteiger partial charge in [0, 0.05) is 23.3 Å². The zero-order valence-electron chi connectivity index (χ0n) is 22.2. The van der Waals surface area contributed by atoms with E-state index in [0.717, 1.165) is 31.7 Å². The number of aryl methyl sites for hydroxylation is 2. The molecule has 1 aromatic heterocycles. The number of alkyl halides is 3. The first-order valence-electron chi connectivity index (χ1n) is 13.2. The van der Waals surface area contributed by atoms with Gasteiger partial charge in [-0.2, -0.15) is 13.2 Å². The maximum Gasteiger partial charge on any atom is 0.418 e. The van der Waals surface area contributed by atoms with Crippen LogP contribution in [0.2, 0.25) is 0 Å². The van der Waals surface area contributed by atoms with Gasteiger partial charge in [0.25, 0.3) is 0 Å². The minimum Gasteiger partial charge on any atom is -0.483 e. The number of hydrogen-bond acceptors (Lipinski definition) is 5. The normalized spacial score (nSPS) is 21.7. The van der Waals surface area contributed by atoms with Crippen molar-refractivity contribution in [2.24, 2.45) is 5.92 Å². The molecule has 38 heavy (non-hydrogen) atoms. The largest absolute Gasteiger partial charge is 0.483 e. The topological polar surface area (TPSA) is 68.7 Å². The average Bonchev–Trinajstić information content (AvgIpc) is 3.25. The Hall–Kier alpha value is -3.10. The number of halogens is 3. The Balaban J connectivity index is 1.60. The summed E-state index contributed by atoms with van der Waals surface area (Å²) in [7, 11) is 1.30. The third-order valence-electron chi connectivity index (χ3n) is 7.82. The van der Waals surface area contributed by atoms with Gasteiger partial charge in [-0.25, -0.2) is 9.78 Å². The number of carbonyl (C=O) groups excluding carboxylic acids is 2. The van der Waals surface area contributed by atoms with Gasteiger partial charge in [0.1, 0.15) is 17.4 Å². The number of fused-ring (bicyclic) bond motifs is 3. The van der Waals surface area contributed by atoms with Gasteiger partial charge < -0.3 is 14.4 Å². The van der Waals surface area contributed by atoms with E-state index in [1.54, 1.807) is 17.9 Å². The highest BCUT2D eigenvalue weighted by Gasteiger charge is 2.53. The number of methoxy groups -OCH3 is 1. The third-order valence-corrected chi connectivity index (χ3v) is 7.82. The number of benzene rings is 1. The molecule has 0 radical (unpaired) electrons. The van der Waals surface area contributed by atoms with Crippen LogP contribution in [0.5, 0.6) is 5.75 Å². The first-order valence-corrected chi connectivity index (χ1v) is 13.2. The van der Waals surface area contributed by atoms with Crippen LogP contribution >= 0.6 is 0 Å². The van der Waals surface area contributed by atoms with Crippen molar-refractivity contribution in [3.63, 3.8) is 0 Å². The van der Waals surface area contributed by atoms with E-state index < -0.39 is 29.4 Å². The second-order valence-corrected chi connectivity index (χ2v) is 10.5. The number of unbranched alkanes of at least 4 members (excludes halogenated alkanes) is 3. The van der Waals surface area contributed by atoms with Crippen molar-refractivity contribution in [1.29, 1.82) is 0 Å². The molecule has 3 atom stereocenters. The zero-order valence-corrected chi connectivity index (χ0v) is 22.2. The number of likely N-dealkylation sites (tertiary alicyclic amines) is 1. The van der Waals surface area contributed by atoms with E-state index >= 15 is 0 Å². The minimum absolute atomic E-state index is 0.0895. The van der Waals surface area contributed by atoms with Gasteiger partial charge in [0.05, 0.1) is 30.4 Å². The number of carbonyl (C=O) groups is 2. The molecule has 0 aliphatic carbocycles. The predicted molar refractivity (Wildman–Crippen MR) is 138 cm³/mol. The number of aromatic nitrogens is 1. The molecule has 0 N–H and O–H groups in total. The molecular formula is C29H35F3N2O4. The molecule has 1 amide bonds. The molecule has 2 aliphatic rings. The van der Waals surface area contributed by atoms with Crippen molar-refractivity contribution in [2.75, 3.05) is 13.7 Å². The van der Waals surface area contributed by atoms with Crippen molar-refractivity contribution in [3.8, 4) is 5.75 Å². The molecule has 6 nitrogen and oxygen atoms in total. The number of ether oxygens (including phenoxy) is 2. The van der Waals surface area contributed by atoms with Crippen molar-refractivity contribution in [1.82, 2.24) is 9.88 Å². The monoisotopic (exact) mass is 532 g/mol. The first-order chi connectivity index (χ1) is 18.0. The van der Waals surface area contributed by atoms with Crippen LogP contribution in [0.3, 0.4) is 0 Å². The van der Waals surface area contributed by atoms with Crippen LogP contribution in [0, 0.1) is 12.8 Å². The molecule has 9 heteroatoms. The molecule has 1 saturated heterocycles. The smallest absolute Gasteiger partial charge is 0.418 e. The van der Waals surface area contributed by atoms with Crippen LogP contribution in [0.25, 0.3) is 10.9 Å². The summed E-state index contributed by atoms with van der Waals surface area (Å²) in [6.45, 7) is 7.46. The zero-order chi connectivity index (χ0) is 27.7. The Morgan fingerprint density at radius 1 is 1.32 bits per heavy atom. The minimum atomic E-state index is -4.52. The van der Waals surface area contributed by atoms with Crippen LogP contribution in [0.1, 0.15) is 68.7 Å². The summed E-state index contributed by atoms with van der Waals surface area (Å²) in [6.07, 6.45) is 3.14. The number of para-hydroxylation sites is 1. The Bertz CT molecular complexity index is 1230. The Kier molecular flexibility index (Phi) is 8.04. The molecule has 1 spiro atoms. The second kappa shape index (κ2) is 10.9. The predicted octanol–water partition coefficient (Wildman–Crippen LogP) is 6.17. The van der Waals surface area contributed by atoms with E-state index in [0.29, 0.717) is 41.7 Å². The lowest BCUT2D eigenvalue weighted by atomic mass is 9.87. The summed E-state index contributed by atoms with van der Waals surface area (Å²) in [5.74, 6) is -0.425. The number of nitrogens with zero attached hydrogens (tertiary/aromatic N) is 2. The van der Waals surface area contributed by atoms with Crippen molar-refractivity contribution < 1.29 is 32.2 Å². The molecule has 0 bridgehead atoms. The van der Waals surface area contributed by atoms with Crippen LogP contribution in [0.15, 0.2) is 30.9 Å². The third kappa shape index (κ3) is 5.38. The van der Waals surface area contributed by atoms with Gasteiger partial charge in [-0.1, -0.05) is 38.0 Å². The molecule has 0 unspecified atom stereocenters. The summed E-state index contributed by atoms with van der Waals surface area (Å²) in [5.41, 5.74) is -0.670. The van der Waals surface area contributed by atoms with Crippen LogP contribution < -0.4 is 4.74 Å². The van der Waals surface area contributed by atoms with E-state index in [4.69, 9.17) is 9.47 Å². The molecular weight excluding hydrogens is 497 g/mol. The van der Waals surface area contributed by atoms with E-state index in [9.17, 15) is 22.8 Å². The lowest BCUT2D eigenvalue weighted by Gasteiger charge is -2.36. The highest BCUT2D eigenvalue weighted by Crippen LogP contribution is 2.46. The fourth-order valence-corrected chi connectivity index (χ4v) is 5.80. The average molecular weight is 533 g/mol. The molecule has 2 aromatic rings. The van der Waals surface area contributed by atoms with Gasteiger partial charge in [0.2, 0.25) is 5.91 Å². The number of pyridine rings is 1. The lowest BCUT2D eigenvalue weighted by Crippen LogP contribution is -2.46.